The van der Waals surface area contributed by atoms with E-state index in [4.69, 9.17) is 9.05 Å². The van der Waals surface area contributed by atoms with Crippen LogP contribution in [0.15, 0.2) is 45.4 Å². The van der Waals surface area contributed by atoms with E-state index in [9.17, 15) is 9.59 Å². The number of rotatable bonds is 10. The Balaban J connectivity index is 1.19. The fourth-order valence-electron chi connectivity index (χ4n) is 4.19. The van der Waals surface area contributed by atoms with E-state index in [0.29, 0.717) is 75.4 Å². The molecule has 1 aliphatic rings. The Kier molecular flexibility index (Phi) is 8.48. The Morgan fingerprint density at radius 3 is 2.53 bits per heavy atom. The van der Waals surface area contributed by atoms with Gasteiger partial charge in [-0.05, 0) is 11.5 Å². The van der Waals surface area contributed by atoms with E-state index in [0.717, 1.165) is 17.7 Å². The maximum absolute atomic E-state index is 12.8. The van der Waals surface area contributed by atoms with Gasteiger partial charge in [0.15, 0.2) is 11.5 Å². The molecule has 3 aromatic rings. The Bertz CT molecular complexity index is 1130. The lowest BCUT2D eigenvalue weighted by Gasteiger charge is -2.33. The van der Waals surface area contributed by atoms with Gasteiger partial charge in [-0.2, -0.15) is 4.98 Å². The molecule has 1 aromatic carbocycles. The number of carbonyl (C=O) groups is 2. The zero-order chi connectivity index (χ0) is 25.5. The molecule has 0 radical (unpaired) electrons. The summed E-state index contributed by atoms with van der Waals surface area (Å²) < 4.78 is 10.7. The third kappa shape index (κ3) is 7.00. The topological polar surface area (TPSA) is 109 Å². The van der Waals surface area contributed by atoms with Gasteiger partial charge in [-0.15, -0.1) is 0 Å². The van der Waals surface area contributed by atoms with Crippen molar-refractivity contribution in [2.24, 2.45) is 5.92 Å². The van der Waals surface area contributed by atoms with Crippen molar-refractivity contribution < 1.29 is 18.6 Å². The Labute approximate surface area is 211 Å². The molecule has 2 amide bonds. The molecule has 36 heavy (non-hydrogen) atoms. The molecule has 0 unspecified atom stereocenters. The number of hydrogen-bond acceptors (Lipinski definition) is 8. The fraction of sp³-hybridized carbons (Fsp3) is 0.500. The normalized spacial score (nSPS) is 14.4. The van der Waals surface area contributed by atoms with E-state index < -0.39 is 0 Å². The van der Waals surface area contributed by atoms with Crippen LogP contribution in [0.25, 0.3) is 0 Å². The lowest BCUT2D eigenvalue weighted by Crippen LogP contribution is -2.48. The molecular formula is C26H34N6O4. The summed E-state index contributed by atoms with van der Waals surface area (Å²) >= 11 is 0. The standard InChI is InChI=1S/C26H34N6O4/c1-19(2)15-21-16-22(28-35-21)26(34)32-13-11-31(12-14-32)18-23-27-24(36-29-23)9-10-25(33)30(3)17-20-7-5-4-6-8-20/h4-8,16,19H,9-15,17-18H2,1-3H3. The van der Waals surface area contributed by atoms with Crippen molar-refractivity contribution in [3.05, 3.63) is 65.1 Å². The minimum absolute atomic E-state index is 0.0304. The van der Waals surface area contributed by atoms with Gasteiger partial charge in [-0.25, -0.2) is 0 Å². The maximum Gasteiger partial charge on any atom is 0.276 e. The molecule has 3 heterocycles. The molecule has 0 aliphatic carbocycles. The second-order valence-electron chi connectivity index (χ2n) is 9.68. The van der Waals surface area contributed by atoms with Gasteiger partial charge in [0, 0.05) is 65.1 Å². The summed E-state index contributed by atoms with van der Waals surface area (Å²) in [7, 11) is 1.80. The van der Waals surface area contributed by atoms with Crippen LogP contribution in [0.2, 0.25) is 0 Å². The van der Waals surface area contributed by atoms with Crippen LogP contribution in [0.3, 0.4) is 0 Å². The van der Waals surface area contributed by atoms with Crippen LogP contribution in [-0.2, 0) is 30.7 Å². The fourth-order valence-corrected chi connectivity index (χ4v) is 4.19. The predicted molar refractivity (Wildman–Crippen MR) is 132 cm³/mol. The molecule has 2 aromatic heterocycles. The van der Waals surface area contributed by atoms with Crippen LogP contribution in [0.5, 0.6) is 0 Å². The summed E-state index contributed by atoms with van der Waals surface area (Å²) in [5, 5.41) is 8.03. The number of aromatic nitrogens is 3. The van der Waals surface area contributed by atoms with Gasteiger partial charge in [0.1, 0.15) is 5.76 Å². The Hall–Kier alpha value is -3.53. The third-order valence-electron chi connectivity index (χ3n) is 6.16. The number of hydrogen-bond donors (Lipinski definition) is 0. The Morgan fingerprint density at radius 2 is 1.81 bits per heavy atom. The van der Waals surface area contributed by atoms with Crippen LogP contribution in [0.1, 0.15) is 53.8 Å². The molecule has 1 saturated heterocycles. The zero-order valence-corrected chi connectivity index (χ0v) is 21.2. The monoisotopic (exact) mass is 494 g/mol. The first-order valence-electron chi connectivity index (χ1n) is 12.4. The molecule has 192 valence electrons. The summed E-state index contributed by atoms with van der Waals surface area (Å²) in [4.78, 5) is 35.4. The van der Waals surface area contributed by atoms with E-state index >= 15 is 0 Å². The van der Waals surface area contributed by atoms with Crippen molar-refractivity contribution in [2.45, 2.75) is 46.2 Å². The van der Waals surface area contributed by atoms with Crippen molar-refractivity contribution >= 4 is 11.8 Å². The highest BCUT2D eigenvalue weighted by Gasteiger charge is 2.25. The molecular weight excluding hydrogens is 460 g/mol. The quantitative estimate of drug-likeness (QED) is 0.423. The lowest BCUT2D eigenvalue weighted by molar-refractivity contribution is -0.130. The molecule has 0 atom stereocenters. The van der Waals surface area contributed by atoms with Crippen molar-refractivity contribution in [3.8, 4) is 0 Å². The summed E-state index contributed by atoms with van der Waals surface area (Å²) in [5.74, 6) is 2.16. The number of amides is 2. The molecule has 0 N–H and O–H groups in total. The first kappa shape index (κ1) is 25.6. The van der Waals surface area contributed by atoms with Gasteiger partial charge < -0.3 is 18.8 Å². The van der Waals surface area contributed by atoms with Crippen LogP contribution in [-0.4, -0.2) is 75.0 Å². The summed E-state index contributed by atoms with van der Waals surface area (Å²) in [6.45, 7) is 7.90. The van der Waals surface area contributed by atoms with Crippen molar-refractivity contribution in [2.75, 3.05) is 33.2 Å². The molecule has 0 saturated carbocycles. The smallest absolute Gasteiger partial charge is 0.276 e. The number of benzene rings is 1. The highest BCUT2D eigenvalue weighted by Crippen LogP contribution is 2.14. The highest BCUT2D eigenvalue weighted by atomic mass is 16.5. The molecule has 1 fully saturated rings. The van der Waals surface area contributed by atoms with Gasteiger partial charge in [-0.3, -0.25) is 14.5 Å². The minimum atomic E-state index is -0.0999. The number of carbonyl (C=O) groups excluding carboxylic acids is 2. The second kappa shape index (κ2) is 11.9. The zero-order valence-electron chi connectivity index (χ0n) is 21.2. The van der Waals surface area contributed by atoms with Crippen LogP contribution >= 0.6 is 0 Å². The maximum atomic E-state index is 12.8. The van der Waals surface area contributed by atoms with E-state index in [1.165, 1.54) is 0 Å². The second-order valence-corrected chi connectivity index (χ2v) is 9.68. The van der Waals surface area contributed by atoms with Crippen molar-refractivity contribution in [1.29, 1.82) is 0 Å². The van der Waals surface area contributed by atoms with E-state index in [1.807, 2.05) is 30.3 Å². The first-order valence-corrected chi connectivity index (χ1v) is 12.4. The van der Waals surface area contributed by atoms with Gasteiger partial charge in [0.2, 0.25) is 11.8 Å². The molecule has 1 aliphatic heterocycles. The average molecular weight is 495 g/mol. The summed E-state index contributed by atoms with van der Waals surface area (Å²) in [5.41, 5.74) is 1.46. The van der Waals surface area contributed by atoms with E-state index in [1.54, 1.807) is 22.9 Å². The number of nitrogens with zero attached hydrogens (tertiary/aromatic N) is 6. The predicted octanol–water partition coefficient (Wildman–Crippen LogP) is 2.81. The van der Waals surface area contributed by atoms with Crippen LogP contribution in [0.4, 0.5) is 0 Å². The van der Waals surface area contributed by atoms with Gasteiger partial charge in [0.05, 0.1) is 6.54 Å². The van der Waals surface area contributed by atoms with Crippen molar-refractivity contribution in [3.63, 3.8) is 0 Å². The highest BCUT2D eigenvalue weighted by molar-refractivity contribution is 5.92. The van der Waals surface area contributed by atoms with Gasteiger partial charge >= 0.3 is 0 Å². The summed E-state index contributed by atoms with van der Waals surface area (Å²) in [6, 6.07) is 11.6. The molecule has 10 heteroatoms. The lowest BCUT2D eigenvalue weighted by atomic mass is 10.1. The molecule has 10 nitrogen and oxygen atoms in total. The first-order chi connectivity index (χ1) is 17.4. The van der Waals surface area contributed by atoms with E-state index in [-0.39, 0.29) is 11.8 Å². The SMILES string of the molecule is CC(C)Cc1cc(C(=O)N2CCN(Cc3noc(CCC(=O)N(C)Cc4ccccc4)n3)CC2)no1. The van der Waals surface area contributed by atoms with Crippen molar-refractivity contribution in [1.82, 2.24) is 30.0 Å². The van der Waals surface area contributed by atoms with E-state index in [2.05, 4.69) is 34.0 Å². The van der Waals surface area contributed by atoms with Gasteiger partial charge in [0.25, 0.3) is 5.91 Å². The van der Waals surface area contributed by atoms with Crippen LogP contribution in [0, 0.1) is 5.92 Å². The minimum Gasteiger partial charge on any atom is -0.361 e. The third-order valence-corrected chi connectivity index (χ3v) is 6.16. The van der Waals surface area contributed by atoms with Gasteiger partial charge in [-0.1, -0.05) is 54.5 Å². The number of piperazine rings is 1. The Morgan fingerprint density at radius 1 is 1.06 bits per heavy atom. The van der Waals surface area contributed by atoms with Crippen LogP contribution < -0.4 is 0 Å². The average Bonchev–Trinajstić information content (AvgIpc) is 3.52. The summed E-state index contributed by atoms with van der Waals surface area (Å²) in [6.07, 6.45) is 1.48. The number of aryl methyl sites for hydroxylation is 1. The largest absolute Gasteiger partial charge is 0.361 e. The molecule has 0 spiro atoms. The molecule has 0 bridgehead atoms. The molecule has 4 rings (SSSR count).